The Balaban J connectivity index is 1.81. The van der Waals surface area contributed by atoms with Crippen LogP contribution in [0.25, 0.3) is 0 Å². The Kier molecular flexibility index (Phi) is 5.67. The average Bonchev–Trinajstić information content (AvgIpc) is 3.28. The maximum atomic E-state index is 9.23. The first kappa shape index (κ1) is 15.3. The van der Waals surface area contributed by atoms with Gasteiger partial charge in [0.15, 0.2) is 0 Å². The van der Waals surface area contributed by atoms with E-state index in [1.54, 1.807) is 0 Å². The second kappa shape index (κ2) is 7.05. The molecule has 0 bridgehead atoms. The summed E-state index contributed by atoms with van der Waals surface area (Å²) < 4.78 is 0. The summed E-state index contributed by atoms with van der Waals surface area (Å²) in [5.41, 5.74) is 0.453. The molecule has 0 aromatic rings. The molecule has 0 spiro atoms. The molecule has 0 aromatic heterocycles. The van der Waals surface area contributed by atoms with Crippen molar-refractivity contribution in [3.05, 3.63) is 0 Å². The molecule has 1 saturated carbocycles. The Labute approximate surface area is 118 Å². The fourth-order valence-electron chi connectivity index (χ4n) is 3.23. The third kappa shape index (κ3) is 4.44. The third-order valence-corrected chi connectivity index (χ3v) is 5.37. The quantitative estimate of drug-likeness (QED) is 0.709. The molecular weight excluding hydrogens is 236 g/mol. The molecule has 1 aliphatic carbocycles. The van der Waals surface area contributed by atoms with Crippen LogP contribution in [-0.4, -0.2) is 48.8 Å². The van der Waals surface area contributed by atoms with Gasteiger partial charge < -0.3 is 15.3 Å². The van der Waals surface area contributed by atoms with Crippen molar-refractivity contribution in [1.29, 1.82) is 0 Å². The molecule has 0 atom stereocenters. The summed E-state index contributed by atoms with van der Waals surface area (Å²) in [6, 6.07) is 0.817. The summed E-state index contributed by atoms with van der Waals surface area (Å²) in [4.78, 5) is 2.63. The summed E-state index contributed by atoms with van der Waals surface area (Å²) in [6.45, 7) is 9.84. The maximum absolute atomic E-state index is 9.23. The lowest BCUT2D eigenvalue weighted by molar-refractivity contribution is 0.0823. The van der Waals surface area contributed by atoms with E-state index in [0.717, 1.165) is 6.04 Å². The molecule has 2 fully saturated rings. The van der Waals surface area contributed by atoms with Crippen LogP contribution < -0.4 is 5.32 Å². The van der Waals surface area contributed by atoms with Gasteiger partial charge in [-0.2, -0.15) is 0 Å². The van der Waals surface area contributed by atoms with E-state index >= 15 is 0 Å². The molecule has 1 saturated heterocycles. The summed E-state index contributed by atoms with van der Waals surface area (Å²) in [5.74, 6) is 0.554. The highest BCUT2D eigenvalue weighted by atomic mass is 16.3. The zero-order valence-electron chi connectivity index (χ0n) is 12.8. The van der Waals surface area contributed by atoms with Crippen molar-refractivity contribution in [2.45, 2.75) is 58.4 Å². The first-order valence-electron chi connectivity index (χ1n) is 8.28. The van der Waals surface area contributed by atoms with Gasteiger partial charge in [-0.05, 0) is 62.9 Å². The number of aliphatic hydroxyl groups is 1. The highest BCUT2D eigenvalue weighted by Crippen LogP contribution is 2.30. The van der Waals surface area contributed by atoms with Crippen LogP contribution in [0.4, 0.5) is 0 Å². The first-order chi connectivity index (χ1) is 9.21. The molecular formula is C16H32N2O. The highest BCUT2D eigenvalue weighted by Gasteiger charge is 2.32. The zero-order chi connectivity index (χ0) is 13.7. The lowest BCUT2D eigenvalue weighted by Crippen LogP contribution is -2.46. The van der Waals surface area contributed by atoms with Crippen LogP contribution in [0.15, 0.2) is 0 Å². The van der Waals surface area contributed by atoms with Gasteiger partial charge in [0, 0.05) is 25.7 Å². The minimum Gasteiger partial charge on any atom is -0.396 e. The van der Waals surface area contributed by atoms with Crippen molar-refractivity contribution in [2.75, 3.05) is 32.8 Å². The lowest BCUT2D eigenvalue weighted by Gasteiger charge is -2.40. The predicted molar refractivity (Wildman–Crippen MR) is 80.3 cm³/mol. The van der Waals surface area contributed by atoms with Gasteiger partial charge in [0.2, 0.25) is 0 Å². The van der Waals surface area contributed by atoms with Crippen LogP contribution in [0, 0.1) is 11.3 Å². The number of nitrogens with one attached hydrogen (secondary N) is 1. The fraction of sp³-hybridized carbons (Fsp3) is 1.00. The first-order valence-corrected chi connectivity index (χ1v) is 8.28. The van der Waals surface area contributed by atoms with Gasteiger partial charge in [0.25, 0.3) is 0 Å². The normalized spacial score (nSPS) is 22.9. The Bertz CT molecular complexity index is 253. The monoisotopic (exact) mass is 268 g/mol. The Morgan fingerprint density at radius 2 is 1.74 bits per heavy atom. The van der Waals surface area contributed by atoms with Gasteiger partial charge in [-0.15, -0.1) is 0 Å². The van der Waals surface area contributed by atoms with Crippen molar-refractivity contribution >= 4 is 0 Å². The van der Waals surface area contributed by atoms with Crippen molar-refractivity contribution in [1.82, 2.24) is 10.2 Å². The summed E-state index contributed by atoms with van der Waals surface area (Å²) in [7, 11) is 0. The third-order valence-electron chi connectivity index (χ3n) is 5.37. The van der Waals surface area contributed by atoms with Crippen molar-refractivity contribution < 1.29 is 5.11 Å². The zero-order valence-corrected chi connectivity index (χ0v) is 12.8. The van der Waals surface area contributed by atoms with Gasteiger partial charge >= 0.3 is 0 Å². The van der Waals surface area contributed by atoms with Crippen LogP contribution in [-0.2, 0) is 0 Å². The van der Waals surface area contributed by atoms with E-state index < -0.39 is 0 Å². The van der Waals surface area contributed by atoms with Gasteiger partial charge in [-0.3, -0.25) is 0 Å². The summed E-state index contributed by atoms with van der Waals surface area (Å²) in [5, 5.41) is 13.0. The number of piperidine rings is 1. The molecule has 19 heavy (non-hydrogen) atoms. The molecule has 2 aliphatic rings. The second-order valence-corrected chi connectivity index (χ2v) is 6.76. The molecule has 0 radical (unpaired) electrons. The summed E-state index contributed by atoms with van der Waals surface area (Å²) in [6.07, 6.45) is 7.65. The Hall–Kier alpha value is -0.120. The molecule has 112 valence electrons. The van der Waals surface area contributed by atoms with Crippen LogP contribution in [0.3, 0.4) is 0 Å². The van der Waals surface area contributed by atoms with Crippen molar-refractivity contribution in [3.63, 3.8) is 0 Å². The second-order valence-electron chi connectivity index (χ2n) is 6.76. The molecule has 1 heterocycles. The Morgan fingerprint density at radius 3 is 2.21 bits per heavy atom. The number of aliphatic hydroxyl groups excluding tert-OH is 1. The number of hydrogen-bond donors (Lipinski definition) is 2. The average molecular weight is 268 g/mol. The number of likely N-dealkylation sites (tertiary alicyclic amines) is 1. The van der Waals surface area contributed by atoms with E-state index in [9.17, 15) is 5.11 Å². The van der Waals surface area contributed by atoms with Crippen LogP contribution in [0.5, 0.6) is 0 Å². The fourth-order valence-corrected chi connectivity index (χ4v) is 3.23. The molecule has 1 aliphatic heterocycles. The van der Waals surface area contributed by atoms with Gasteiger partial charge in [0.05, 0.1) is 0 Å². The van der Waals surface area contributed by atoms with Crippen molar-refractivity contribution in [3.8, 4) is 0 Å². The SMILES string of the molecule is CCC(CC)(CNC1CC1)CN1CCC(CO)CC1. The molecule has 0 amide bonds. The number of hydrogen-bond acceptors (Lipinski definition) is 3. The van der Waals surface area contributed by atoms with E-state index in [-0.39, 0.29) is 0 Å². The van der Waals surface area contributed by atoms with E-state index in [2.05, 4.69) is 24.1 Å². The van der Waals surface area contributed by atoms with E-state index in [1.165, 1.54) is 64.7 Å². The minimum absolute atomic E-state index is 0.379. The largest absolute Gasteiger partial charge is 0.396 e. The number of rotatable bonds is 8. The van der Waals surface area contributed by atoms with Gasteiger partial charge in [-0.1, -0.05) is 13.8 Å². The van der Waals surface area contributed by atoms with Gasteiger partial charge in [-0.25, -0.2) is 0 Å². The predicted octanol–water partition coefficient (Wildman–Crippen LogP) is 2.25. The van der Waals surface area contributed by atoms with Crippen molar-refractivity contribution in [2.24, 2.45) is 11.3 Å². The molecule has 2 N–H and O–H groups in total. The van der Waals surface area contributed by atoms with Crippen LogP contribution >= 0.6 is 0 Å². The topological polar surface area (TPSA) is 35.5 Å². The Morgan fingerprint density at radius 1 is 1.11 bits per heavy atom. The molecule has 2 rings (SSSR count). The molecule has 3 heteroatoms. The van der Waals surface area contributed by atoms with Gasteiger partial charge in [0.1, 0.15) is 0 Å². The molecule has 0 unspecified atom stereocenters. The number of nitrogens with zero attached hydrogens (tertiary/aromatic N) is 1. The molecule has 0 aromatic carbocycles. The maximum Gasteiger partial charge on any atom is 0.0460 e. The summed E-state index contributed by atoms with van der Waals surface area (Å²) >= 11 is 0. The minimum atomic E-state index is 0.379. The lowest BCUT2D eigenvalue weighted by atomic mass is 9.80. The standard InChI is InChI=1S/C16H32N2O/c1-3-16(4-2,12-17-15-5-6-15)13-18-9-7-14(11-19)8-10-18/h14-15,17,19H,3-13H2,1-2H3. The smallest absolute Gasteiger partial charge is 0.0460 e. The molecule has 3 nitrogen and oxygen atoms in total. The van der Waals surface area contributed by atoms with E-state index in [4.69, 9.17) is 0 Å². The van der Waals surface area contributed by atoms with E-state index in [0.29, 0.717) is 17.9 Å². The van der Waals surface area contributed by atoms with Crippen LogP contribution in [0.1, 0.15) is 52.4 Å². The van der Waals surface area contributed by atoms with Crippen LogP contribution in [0.2, 0.25) is 0 Å². The highest BCUT2D eigenvalue weighted by molar-refractivity contribution is 4.89. The van der Waals surface area contributed by atoms with E-state index in [1.807, 2.05) is 0 Å².